The van der Waals surface area contributed by atoms with Gasteiger partial charge in [0, 0.05) is 36.2 Å². The summed E-state index contributed by atoms with van der Waals surface area (Å²) in [4.78, 5) is 36.5. The lowest BCUT2D eigenvalue weighted by Crippen LogP contribution is -2.56. The Morgan fingerprint density at radius 3 is 2.52 bits per heavy atom. The van der Waals surface area contributed by atoms with Crippen LogP contribution in [0.1, 0.15) is 92.3 Å². The third-order valence-corrected chi connectivity index (χ3v) is 9.95. The van der Waals surface area contributed by atoms with Gasteiger partial charge in [0.25, 0.3) is 5.91 Å². The number of pyridine rings is 1. The first kappa shape index (κ1) is 28.7. The number of amides is 2. The highest BCUT2D eigenvalue weighted by atomic mass is 32.1. The topological polar surface area (TPSA) is 127 Å². The Hall–Kier alpha value is -3.37. The van der Waals surface area contributed by atoms with Gasteiger partial charge in [-0.3, -0.25) is 9.69 Å². The maximum Gasteiger partial charge on any atom is 0.410 e. The number of hydrogen-bond donors (Lipinski definition) is 3. The van der Waals surface area contributed by atoms with E-state index in [1.807, 2.05) is 44.7 Å². The lowest BCUT2D eigenvalue weighted by Gasteiger charge is -2.42. The third kappa shape index (κ3) is 5.42. The van der Waals surface area contributed by atoms with Gasteiger partial charge >= 0.3 is 6.09 Å². The molecule has 3 aliphatic rings. The fourth-order valence-electron chi connectivity index (χ4n) is 6.85. The zero-order chi connectivity index (χ0) is 29.9. The number of carbonyl (C=O) groups is 2. The summed E-state index contributed by atoms with van der Waals surface area (Å²) in [6.07, 6.45) is 3.47. The maximum atomic E-state index is 13.3. The molecule has 1 unspecified atom stereocenters. The minimum Gasteiger partial charge on any atom is -0.444 e. The zero-order valence-corrected chi connectivity index (χ0v) is 26.0. The highest BCUT2D eigenvalue weighted by Gasteiger charge is 2.44. The van der Waals surface area contributed by atoms with Crippen LogP contribution in [0.15, 0.2) is 30.3 Å². The maximum absolute atomic E-state index is 13.3. The van der Waals surface area contributed by atoms with E-state index in [0.717, 1.165) is 54.7 Å². The van der Waals surface area contributed by atoms with E-state index < -0.39 is 5.60 Å². The van der Waals surface area contributed by atoms with Crippen LogP contribution in [-0.2, 0) is 11.2 Å². The number of carbonyl (C=O) groups excluding carboxylic acids is 2. The second-order valence-electron chi connectivity index (χ2n) is 13.3. The first-order valence-electron chi connectivity index (χ1n) is 15.0. The number of ether oxygens (including phenoxy) is 1. The Balaban J connectivity index is 1.13. The van der Waals surface area contributed by atoms with Crippen LogP contribution in [-0.4, -0.2) is 58.7 Å². The van der Waals surface area contributed by atoms with Gasteiger partial charge in [0.1, 0.15) is 15.3 Å². The van der Waals surface area contributed by atoms with Crippen molar-refractivity contribution in [3.63, 3.8) is 0 Å². The molecule has 10 heteroatoms. The summed E-state index contributed by atoms with van der Waals surface area (Å²) in [5.74, 6) is 0.155. The lowest BCUT2D eigenvalue weighted by atomic mass is 9.80. The van der Waals surface area contributed by atoms with Crippen molar-refractivity contribution in [2.45, 2.75) is 96.0 Å². The molecule has 224 valence electrons. The second-order valence-corrected chi connectivity index (χ2v) is 14.3. The number of hydrogen-bond acceptors (Lipinski definition) is 8. The molecule has 2 fully saturated rings. The van der Waals surface area contributed by atoms with E-state index in [1.54, 1.807) is 0 Å². The van der Waals surface area contributed by atoms with Gasteiger partial charge in [-0.2, -0.15) is 0 Å². The molecule has 2 aromatic heterocycles. The second kappa shape index (κ2) is 10.7. The monoisotopic (exact) mass is 590 g/mol. The SMILES string of the molecule is CC(N)c1ccc2c(N)c(C(=O)N[C@@H]3Cc4ccc(N5C[C@H]6CC[C@@H](C5)N6C(=O)OC(C)(C)C)cc4[C@H](C)C3)sc2n1. The number of nitrogens with two attached hydrogens (primary N) is 2. The van der Waals surface area contributed by atoms with Crippen molar-refractivity contribution in [2.75, 3.05) is 23.7 Å². The molecule has 5 atom stereocenters. The number of thiophene rings is 1. The Kier molecular flexibility index (Phi) is 7.33. The molecule has 0 spiro atoms. The number of rotatable bonds is 4. The van der Waals surface area contributed by atoms with Crippen LogP contribution < -0.4 is 21.7 Å². The van der Waals surface area contributed by atoms with Crippen molar-refractivity contribution in [2.24, 2.45) is 5.73 Å². The van der Waals surface area contributed by atoms with Crippen LogP contribution in [0.3, 0.4) is 0 Å². The van der Waals surface area contributed by atoms with Gasteiger partial charge in [0.2, 0.25) is 0 Å². The van der Waals surface area contributed by atoms with Crippen LogP contribution in [0, 0.1) is 0 Å². The van der Waals surface area contributed by atoms with Crippen LogP contribution in [0.5, 0.6) is 0 Å². The van der Waals surface area contributed by atoms with Gasteiger partial charge < -0.3 is 26.4 Å². The van der Waals surface area contributed by atoms with E-state index in [2.05, 4.69) is 40.3 Å². The van der Waals surface area contributed by atoms with Gasteiger partial charge in [-0.05, 0) is 94.7 Å². The average molecular weight is 591 g/mol. The zero-order valence-electron chi connectivity index (χ0n) is 25.1. The van der Waals surface area contributed by atoms with Crippen molar-refractivity contribution in [3.05, 3.63) is 52.0 Å². The largest absolute Gasteiger partial charge is 0.444 e. The molecule has 0 radical (unpaired) electrons. The molecule has 42 heavy (non-hydrogen) atoms. The fraction of sp³-hybridized carbons (Fsp3) is 0.531. The summed E-state index contributed by atoms with van der Waals surface area (Å²) in [6.45, 7) is 11.5. The summed E-state index contributed by atoms with van der Waals surface area (Å²) < 4.78 is 5.71. The average Bonchev–Trinajstić information content (AvgIpc) is 3.39. The van der Waals surface area contributed by atoms with Gasteiger partial charge in [0.05, 0.1) is 23.5 Å². The molecule has 4 heterocycles. The van der Waals surface area contributed by atoms with E-state index in [4.69, 9.17) is 16.2 Å². The number of aromatic nitrogens is 1. The van der Waals surface area contributed by atoms with E-state index in [-0.39, 0.29) is 36.2 Å². The number of nitrogen functional groups attached to an aromatic ring is 1. The standard InChI is InChI=1S/C32H42N6O3S/c1-17-12-20(35-29(39)28-27(34)24-10-11-26(18(2)33)36-30(24)42-28)13-19-6-7-21(14-25(17)19)37-15-22-8-9-23(16-37)38(22)31(40)41-32(3,4)5/h6-7,10-11,14,17-18,20,22-23H,8-9,12-13,15-16,33-34H2,1-5H3,(H,35,39)/t17-,18?,20+,22-,23+/m1/s1. The molecule has 1 aromatic carbocycles. The van der Waals surface area contributed by atoms with Gasteiger partial charge in [0.15, 0.2) is 0 Å². The number of anilines is 2. The summed E-state index contributed by atoms with van der Waals surface area (Å²) in [5.41, 5.74) is 17.0. The molecular formula is C32H42N6O3S. The lowest BCUT2D eigenvalue weighted by molar-refractivity contribution is 0.0123. The molecule has 3 aromatic rings. The summed E-state index contributed by atoms with van der Waals surface area (Å²) in [5, 5.41) is 4.05. The van der Waals surface area contributed by atoms with Crippen LogP contribution in [0.25, 0.3) is 10.2 Å². The molecule has 2 aliphatic heterocycles. The van der Waals surface area contributed by atoms with E-state index >= 15 is 0 Å². The minimum atomic E-state index is -0.491. The predicted octanol–water partition coefficient (Wildman–Crippen LogP) is 5.33. The van der Waals surface area contributed by atoms with Crippen molar-refractivity contribution in [3.8, 4) is 0 Å². The number of fused-ring (bicyclic) bond motifs is 4. The van der Waals surface area contributed by atoms with E-state index in [0.29, 0.717) is 16.5 Å². The summed E-state index contributed by atoms with van der Waals surface area (Å²) in [6, 6.07) is 10.7. The smallest absolute Gasteiger partial charge is 0.410 e. The molecule has 2 bridgehead atoms. The molecule has 6 rings (SSSR count). The fourth-order valence-corrected chi connectivity index (χ4v) is 7.85. The summed E-state index contributed by atoms with van der Waals surface area (Å²) >= 11 is 1.32. The summed E-state index contributed by atoms with van der Waals surface area (Å²) in [7, 11) is 0. The van der Waals surface area contributed by atoms with Crippen molar-refractivity contribution in [1.82, 2.24) is 15.2 Å². The highest BCUT2D eigenvalue weighted by Crippen LogP contribution is 2.39. The molecule has 2 amide bonds. The highest BCUT2D eigenvalue weighted by molar-refractivity contribution is 7.21. The predicted molar refractivity (Wildman–Crippen MR) is 168 cm³/mol. The Labute approximate surface area is 251 Å². The van der Waals surface area contributed by atoms with Crippen LogP contribution in [0.4, 0.5) is 16.2 Å². The Bertz CT molecular complexity index is 1510. The van der Waals surface area contributed by atoms with Gasteiger partial charge in [-0.15, -0.1) is 11.3 Å². The number of nitrogens with zero attached hydrogens (tertiary/aromatic N) is 3. The Morgan fingerprint density at radius 1 is 1.14 bits per heavy atom. The molecule has 9 nitrogen and oxygen atoms in total. The molecule has 2 saturated heterocycles. The number of piperazine rings is 1. The van der Waals surface area contributed by atoms with Crippen molar-refractivity contribution >= 4 is 44.9 Å². The number of nitrogens with one attached hydrogen (secondary N) is 1. The first-order chi connectivity index (χ1) is 19.9. The number of benzene rings is 1. The third-order valence-electron chi connectivity index (χ3n) is 8.84. The molecule has 1 aliphatic carbocycles. The molecule has 0 saturated carbocycles. The molecule has 5 N–H and O–H groups in total. The quantitative estimate of drug-likeness (QED) is 0.375. The first-order valence-corrected chi connectivity index (χ1v) is 15.8. The van der Waals surface area contributed by atoms with Gasteiger partial charge in [-0.1, -0.05) is 13.0 Å². The van der Waals surface area contributed by atoms with Crippen molar-refractivity contribution in [1.29, 1.82) is 0 Å². The van der Waals surface area contributed by atoms with Crippen LogP contribution >= 0.6 is 11.3 Å². The Morgan fingerprint density at radius 2 is 1.86 bits per heavy atom. The van der Waals surface area contributed by atoms with Crippen LogP contribution in [0.2, 0.25) is 0 Å². The van der Waals surface area contributed by atoms with E-state index in [9.17, 15) is 9.59 Å². The van der Waals surface area contributed by atoms with Crippen molar-refractivity contribution < 1.29 is 14.3 Å². The normalized spacial score (nSPS) is 24.4. The van der Waals surface area contributed by atoms with E-state index in [1.165, 1.54) is 28.2 Å². The van der Waals surface area contributed by atoms with Gasteiger partial charge in [-0.25, -0.2) is 9.78 Å². The molecular weight excluding hydrogens is 548 g/mol. The minimum absolute atomic E-state index is 0.0243.